The molecule has 0 amide bonds. The van der Waals surface area contributed by atoms with Gasteiger partial charge >= 0.3 is 5.97 Å². The minimum absolute atomic E-state index is 0.0928. The Labute approximate surface area is 173 Å². The lowest BCUT2D eigenvalue weighted by Crippen LogP contribution is -2.18. The van der Waals surface area contributed by atoms with E-state index in [2.05, 4.69) is 44.2 Å². The van der Waals surface area contributed by atoms with Gasteiger partial charge in [-0.1, -0.05) is 76.3 Å². The summed E-state index contributed by atoms with van der Waals surface area (Å²) in [4.78, 5) is 12.0. The lowest BCUT2D eigenvalue weighted by Gasteiger charge is -2.22. The summed E-state index contributed by atoms with van der Waals surface area (Å²) in [5.74, 6) is 0.156. The van der Waals surface area contributed by atoms with Crippen LogP contribution in [0.3, 0.4) is 0 Å². The molecule has 162 valence electrons. The molecule has 0 saturated heterocycles. The Balaban J connectivity index is 5.18. The van der Waals surface area contributed by atoms with E-state index in [-0.39, 0.29) is 24.1 Å². The number of hydrogen-bond acceptors (Lipinski definition) is 4. The maximum Gasteiger partial charge on any atom is 0.306 e. The lowest BCUT2D eigenvalue weighted by molar-refractivity contribution is -0.141. The second-order valence-electron chi connectivity index (χ2n) is 7.14. The molecule has 0 aromatic rings. The van der Waals surface area contributed by atoms with Crippen LogP contribution in [-0.2, 0) is 19.0 Å². The molecule has 0 aromatic heterocycles. The molecular formula is C24H42O4. The molecule has 28 heavy (non-hydrogen) atoms. The summed E-state index contributed by atoms with van der Waals surface area (Å²) in [7, 11) is 4.70. The Bertz CT molecular complexity index is 450. The van der Waals surface area contributed by atoms with E-state index in [0.717, 1.165) is 19.3 Å². The summed E-state index contributed by atoms with van der Waals surface area (Å²) in [6.45, 7) is 4.41. The smallest absolute Gasteiger partial charge is 0.306 e. The van der Waals surface area contributed by atoms with Crippen LogP contribution in [-0.4, -0.2) is 33.6 Å². The molecule has 4 nitrogen and oxygen atoms in total. The summed E-state index contributed by atoms with van der Waals surface area (Å²) < 4.78 is 15.5. The van der Waals surface area contributed by atoms with Crippen LogP contribution in [0.25, 0.3) is 0 Å². The molecule has 4 heteroatoms. The number of methoxy groups -OCH3 is 3. The maximum absolute atomic E-state index is 12.0. The predicted octanol–water partition coefficient (Wildman–Crippen LogP) is 6.23. The van der Waals surface area contributed by atoms with Gasteiger partial charge in [-0.15, -0.1) is 0 Å². The highest BCUT2D eigenvalue weighted by atomic mass is 16.7. The van der Waals surface area contributed by atoms with E-state index in [1.165, 1.54) is 39.2 Å². The van der Waals surface area contributed by atoms with Gasteiger partial charge in [-0.25, -0.2) is 0 Å². The summed E-state index contributed by atoms with van der Waals surface area (Å²) in [6.07, 6.45) is 22.0. The second-order valence-corrected chi connectivity index (χ2v) is 7.14. The van der Waals surface area contributed by atoms with Crippen LogP contribution in [0.1, 0.15) is 71.6 Å². The van der Waals surface area contributed by atoms with Crippen molar-refractivity contribution < 1.29 is 19.0 Å². The largest absolute Gasteiger partial charge is 0.469 e. The Hall–Kier alpha value is -1.39. The molecule has 0 aromatic carbocycles. The number of rotatable bonds is 17. The molecule has 0 fully saturated rings. The third-order valence-corrected chi connectivity index (χ3v) is 4.88. The fourth-order valence-corrected chi connectivity index (χ4v) is 3.10. The number of allylic oxidation sites excluding steroid dienone is 5. The zero-order chi connectivity index (χ0) is 21.0. The van der Waals surface area contributed by atoms with E-state index in [1.54, 1.807) is 14.2 Å². The number of ether oxygens (including phenoxy) is 3. The van der Waals surface area contributed by atoms with Crippen molar-refractivity contribution in [2.24, 2.45) is 11.8 Å². The minimum atomic E-state index is -0.366. The molecule has 0 aliphatic rings. The van der Waals surface area contributed by atoms with Crippen molar-refractivity contribution in [2.45, 2.75) is 77.9 Å². The standard InChI is InChI=1S/C24H42O4/c1-6-8-10-11-12-13-15-17-22(20-23(25)26-3)21(16-14-9-7-2)18-19-24(27-4)28-5/h12-13,15,17-19,21-22,24H,6-11,14,16,20H2,1-5H3/b13-12-,17-15+,19-18+. The summed E-state index contributed by atoms with van der Waals surface area (Å²) in [6, 6.07) is 0. The Kier molecular flexibility index (Phi) is 18.0. The molecule has 0 rings (SSSR count). The van der Waals surface area contributed by atoms with Gasteiger partial charge in [-0.05, 0) is 37.2 Å². The molecule has 2 unspecified atom stereocenters. The Morgan fingerprint density at radius 2 is 1.50 bits per heavy atom. The fourth-order valence-electron chi connectivity index (χ4n) is 3.10. The molecule has 0 aliphatic heterocycles. The zero-order valence-corrected chi connectivity index (χ0v) is 18.7. The van der Waals surface area contributed by atoms with Crippen molar-refractivity contribution in [3.05, 3.63) is 36.5 Å². The normalized spacial score (nSPS) is 14.5. The van der Waals surface area contributed by atoms with Crippen LogP contribution in [0, 0.1) is 11.8 Å². The van der Waals surface area contributed by atoms with Gasteiger partial charge in [0.25, 0.3) is 0 Å². The van der Waals surface area contributed by atoms with E-state index in [4.69, 9.17) is 14.2 Å². The van der Waals surface area contributed by atoms with E-state index < -0.39 is 0 Å². The summed E-state index contributed by atoms with van der Waals surface area (Å²) in [5.41, 5.74) is 0. The van der Waals surface area contributed by atoms with Gasteiger partial charge in [0.05, 0.1) is 13.5 Å². The Morgan fingerprint density at radius 1 is 0.821 bits per heavy atom. The third-order valence-electron chi connectivity index (χ3n) is 4.88. The third kappa shape index (κ3) is 13.7. The zero-order valence-electron chi connectivity index (χ0n) is 18.7. The molecule has 2 atom stereocenters. The highest BCUT2D eigenvalue weighted by molar-refractivity contribution is 5.69. The molecule has 0 heterocycles. The topological polar surface area (TPSA) is 44.8 Å². The van der Waals surface area contributed by atoms with Crippen LogP contribution in [0.4, 0.5) is 0 Å². The van der Waals surface area contributed by atoms with Crippen molar-refractivity contribution >= 4 is 5.97 Å². The maximum atomic E-state index is 12.0. The predicted molar refractivity (Wildman–Crippen MR) is 117 cm³/mol. The van der Waals surface area contributed by atoms with E-state index in [1.807, 2.05) is 6.08 Å². The molecule has 0 spiro atoms. The first-order valence-electron chi connectivity index (χ1n) is 10.8. The van der Waals surface area contributed by atoms with Gasteiger partial charge < -0.3 is 14.2 Å². The molecule has 0 N–H and O–H groups in total. The lowest BCUT2D eigenvalue weighted by atomic mass is 9.84. The van der Waals surface area contributed by atoms with Crippen molar-refractivity contribution in [1.29, 1.82) is 0 Å². The van der Waals surface area contributed by atoms with Gasteiger partial charge in [0.2, 0.25) is 0 Å². The van der Waals surface area contributed by atoms with Crippen LogP contribution >= 0.6 is 0 Å². The summed E-state index contributed by atoms with van der Waals surface area (Å²) in [5, 5.41) is 0. The number of esters is 1. The monoisotopic (exact) mass is 394 g/mol. The number of unbranched alkanes of at least 4 members (excludes halogenated alkanes) is 5. The minimum Gasteiger partial charge on any atom is -0.469 e. The molecule has 0 radical (unpaired) electrons. The van der Waals surface area contributed by atoms with Crippen molar-refractivity contribution in [2.75, 3.05) is 21.3 Å². The van der Waals surface area contributed by atoms with Crippen molar-refractivity contribution in [3.63, 3.8) is 0 Å². The SMILES string of the molecule is CCCCC/C=C\C=C\C(CC(=O)OC)C(/C=C/C(OC)OC)CCCCC. The number of hydrogen-bond donors (Lipinski definition) is 0. The molecule has 0 aliphatic carbocycles. The van der Waals surface area contributed by atoms with Crippen LogP contribution in [0.5, 0.6) is 0 Å². The Morgan fingerprint density at radius 3 is 2.11 bits per heavy atom. The van der Waals surface area contributed by atoms with Gasteiger partial charge in [-0.3, -0.25) is 4.79 Å². The van der Waals surface area contributed by atoms with Gasteiger partial charge in [0.15, 0.2) is 6.29 Å². The van der Waals surface area contributed by atoms with Crippen molar-refractivity contribution in [3.8, 4) is 0 Å². The highest BCUT2D eigenvalue weighted by Crippen LogP contribution is 2.26. The fraction of sp³-hybridized carbons (Fsp3) is 0.708. The quantitative estimate of drug-likeness (QED) is 0.0964. The van der Waals surface area contributed by atoms with E-state index >= 15 is 0 Å². The van der Waals surface area contributed by atoms with Gasteiger partial charge in [0.1, 0.15) is 0 Å². The van der Waals surface area contributed by atoms with Crippen LogP contribution in [0.15, 0.2) is 36.5 Å². The van der Waals surface area contributed by atoms with Gasteiger partial charge in [0, 0.05) is 14.2 Å². The van der Waals surface area contributed by atoms with Crippen molar-refractivity contribution in [1.82, 2.24) is 0 Å². The van der Waals surface area contributed by atoms with E-state index in [9.17, 15) is 4.79 Å². The molecule has 0 bridgehead atoms. The average Bonchev–Trinajstić information content (AvgIpc) is 2.71. The van der Waals surface area contributed by atoms with E-state index in [0.29, 0.717) is 6.42 Å². The average molecular weight is 395 g/mol. The van der Waals surface area contributed by atoms with Crippen LogP contribution in [0.2, 0.25) is 0 Å². The summed E-state index contributed by atoms with van der Waals surface area (Å²) >= 11 is 0. The number of carbonyl (C=O) groups excluding carboxylic acids is 1. The highest BCUT2D eigenvalue weighted by Gasteiger charge is 2.20. The number of carbonyl (C=O) groups is 1. The second kappa shape index (κ2) is 18.9. The first-order chi connectivity index (χ1) is 13.6. The van der Waals surface area contributed by atoms with Crippen LogP contribution < -0.4 is 0 Å². The molecule has 0 saturated carbocycles. The first kappa shape index (κ1) is 26.6. The first-order valence-corrected chi connectivity index (χ1v) is 10.8. The van der Waals surface area contributed by atoms with Gasteiger partial charge in [-0.2, -0.15) is 0 Å². The molecular weight excluding hydrogens is 352 g/mol.